The highest BCUT2D eigenvalue weighted by Crippen LogP contribution is 2.37. The Kier molecular flexibility index (Phi) is 4.06. The molecule has 1 saturated heterocycles. The third-order valence-electron chi connectivity index (χ3n) is 2.26. The summed E-state index contributed by atoms with van der Waals surface area (Å²) in [6, 6.07) is -1.29. The number of ether oxygens (including phenoxy) is 1. The number of phosphoric ester groups is 1. The Hall–Kier alpha value is -0.0900. The number of hydrogen-bond donors (Lipinski definition) is 6. The van der Waals surface area contributed by atoms with Crippen LogP contribution in [0, 0.1) is 0 Å². The maximum atomic E-state index is 10.4. The summed E-state index contributed by atoms with van der Waals surface area (Å²) >= 11 is 0. The first-order chi connectivity index (χ1) is 7.19. The van der Waals surface area contributed by atoms with Gasteiger partial charge in [-0.05, 0) is 0 Å². The van der Waals surface area contributed by atoms with Crippen molar-refractivity contribution in [1.82, 2.24) is 0 Å². The Morgan fingerprint density at radius 3 is 2.44 bits per heavy atom. The van der Waals surface area contributed by atoms with Crippen LogP contribution >= 0.6 is 7.82 Å². The molecule has 0 spiro atoms. The van der Waals surface area contributed by atoms with Crippen molar-refractivity contribution in [2.45, 2.75) is 24.0 Å². The van der Waals surface area contributed by atoms with E-state index in [0.29, 0.717) is 0 Å². The van der Waals surface area contributed by atoms with E-state index in [2.05, 4.69) is 4.52 Å². The van der Waals surface area contributed by atoms with Gasteiger partial charge in [0.2, 0.25) is 5.79 Å². The van der Waals surface area contributed by atoms with Crippen LogP contribution in [0.3, 0.4) is 0 Å². The number of hydrogen-bond acceptors (Lipinski definition) is 7. The maximum absolute atomic E-state index is 10.4. The van der Waals surface area contributed by atoms with Crippen molar-refractivity contribution in [3.8, 4) is 0 Å². The number of rotatable bonds is 4. The molecule has 1 heterocycles. The van der Waals surface area contributed by atoms with E-state index in [0.717, 1.165) is 0 Å². The first-order valence-corrected chi connectivity index (χ1v) is 5.87. The predicted molar refractivity (Wildman–Crippen MR) is 48.9 cm³/mol. The van der Waals surface area contributed by atoms with E-state index in [-0.39, 0.29) is 0 Å². The summed E-state index contributed by atoms with van der Waals surface area (Å²) in [5, 5.41) is 27.8. The van der Waals surface area contributed by atoms with Gasteiger partial charge in [-0.15, -0.1) is 0 Å². The van der Waals surface area contributed by atoms with E-state index in [4.69, 9.17) is 25.4 Å². The molecule has 4 atom stereocenters. The fourth-order valence-corrected chi connectivity index (χ4v) is 1.70. The molecule has 1 aliphatic heterocycles. The molecule has 0 aromatic rings. The second-order valence-electron chi connectivity index (χ2n) is 3.46. The lowest BCUT2D eigenvalue weighted by Crippen LogP contribution is -2.51. The minimum Gasteiger partial charge on any atom is -0.391 e. The van der Waals surface area contributed by atoms with E-state index in [1.54, 1.807) is 0 Å². The van der Waals surface area contributed by atoms with Crippen LogP contribution in [0.15, 0.2) is 0 Å². The van der Waals surface area contributed by atoms with Gasteiger partial charge in [-0.2, -0.15) is 0 Å². The zero-order valence-electron chi connectivity index (χ0n) is 8.13. The number of aliphatic hydroxyl groups is 3. The largest absolute Gasteiger partial charge is 0.469 e. The van der Waals surface area contributed by atoms with Crippen LogP contribution in [0.2, 0.25) is 0 Å². The number of nitrogens with two attached hydrogens (primary N) is 1. The highest BCUT2D eigenvalue weighted by Gasteiger charge is 2.52. The molecular weight excluding hydrogens is 245 g/mol. The Bertz CT molecular complexity index is 294. The molecule has 1 fully saturated rings. The van der Waals surface area contributed by atoms with Crippen molar-refractivity contribution in [1.29, 1.82) is 0 Å². The Balaban J connectivity index is 2.61. The molecule has 96 valence electrons. The summed E-state index contributed by atoms with van der Waals surface area (Å²) in [6.07, 6.45) is -2.62. The van der Waals surface area contributed by atoms with Crippen LogP contribution in [-0.4, -0.2) is 62.4 Å². The van der Waals surface area contributed by atoms with Gasteiger partial charge in [-0.3, -0.25) is 4.52 Å². The predicted octanol–water partition coefficient (Wildman–Crippen LogP) is -3.14. The minimum absolute atomic E-state index is 0.651. The summed E-state index contributed by atoms with van der Waals surface area (Å²) in [7, 11) is -4.69. The molecule has 7 N–H and O–H groups in total. The quantitative estimate of drug-likeness (QED) is 0.286. The van der Waals surface area contributed by atoms with Gasteiger partial charge in [0, 0.05) is 0 Å². The van der Waals surface area contributed by atoms with Crippen LogP contribution in [0.5, 0.6) is 0 Å². The van der Waals surface area contributed by atoms with Crippen molar-refractivity contribution in [3.05, 3.63) is 0 Å². The average molecular weight is 259 g/mol. The average Bonchev–Trinajstić information content (AvgIpc) is 2.40. The molecule has 0 saturated carbocycles. The van der Waals surface area contributed by atoms with Gasteiger partial charge in [-0.25, -0.2) is 4.57 Å². The minimum atomic E-state index is -4.69. The normalized spacial score (nSPS) is 40.2. The molecule has 10 heteroatoms. The standard InChI is InChI=1S/C6H14NO8P/c7-5-4(9)3(1-14-16(11,12)13)15-6(5,10)2-8/h3-5,8-10H,1-2,7H2,(H2,11,12,13). The summed E-state index contributed by atoms with van der Waals surface area (Å²) < 4.78 is 19.3. The monoisotopic (exact) mass is 259 g/mol. The zero-order chi connectivity index (χ0) is 12.6. The first-order valence-electron chi connectivity index (χ1n) is 4.34. The van der Waals surface area contributed by atoms with Crippen molar-refractivity contribution in [2.24, 2.45) is 5.73 Å². The maximum Gasteiger partial charge on any atom is 0.469 e. The van der Waals surface area contributed by atoms with Crippen molar-refractivity contribution in [2.75, 3.05) is 13.2 Å². The number of phosphoric acid groups is 1. The molecule has 0 amide bonds. The molecular formula is C6H14NO8P. The lowest BCUT2D eigenvalue weighted by atomic mass is 10.0. The van der Waals surface area contributed by atoms with Gasteiger partial charge in [0.05, 0.1) is 19.3 Å². The third-order valence-corrected chi connectivity index (χ3v) is 2.74. The van der Waals surface area contributed by atoms with E-state index >= 15 is 0 Å². The second kappa shape index (κ2) is 4.65. The topological polar surface area (TPSA) is 163 Å². The van der Waals surface area contributed by atoms with Crippen LogP contribution in [-0.2, 0) is 13.8 Å². The van der Waals surface area contributed by atoms with Gasteiger partial charge in [0.15, 0.2) is 0 Å². The van der Waals surface area contributed by atoms with Crippen LogP contribution < -0.4 is 5.73 Å². The molecule has 9 nitrogen and oxygen atoms in total. The summed E-state index contributed by atoms with van der Waals surface area (Å²) in [6.45, 7) is -1.50. The SMILES string of the molecule is NC1C(O)C(COP(=O)(O)O)OC1(O)CO. The molecule has 4 unspecified atom stereocenters. The van der Waals surface area contributed by atoms with E-state index < -0.39 is 45.1 Å². The summed E-state index contributed by atoms with van der Waals surface area (Å²) in [5.74, 6) is -2.14. The van der Waals surface area contributed by atoms with Crippen molar-refractivity contribution < 1.29 is 38.9 Å². The highest BCUT2D eigenvalue weighted by atomic mass is 31.2. The molecule has 1 aliphatic rings. The van der Waals surface area contributed by atoms with Crippen molar-refractivity contribution >= 4 is 7.82 Å². The molecule has 0 aromatic carbocycles. The van der Waals surface area contributed by atoms with Gasteiger partial charge in [-0.1, -0.05) is 0 Å². The molecule has 0 aromatic heterocycles. The summed E-state index contributed by atoms with van der Waals surface area (Å²) in [4.78, 5) is 16.9. The smallest absolute Gasteiger partial charge is 0.391 e. The molecule has 0 bridgehead atoms. The Labute approximate surface area is 90.6 Å². The first kappa shape index (κ1) is 14.0. The van der Waals surface area contributed by atoms with Crippen LogP contribution in [0.25, 0.3) is 0 Å². The summed E-state index contributed by atoms with van der Waals surface area (Å²) in [5.41, 5.74) is 5.36. The fraction of sp³-hybridized carbons (Fsp3) is 1.00. The number of aliphatic hydroxyl groups excluding tert-OH is 2. The third kappa shape index (κ3) is 2.98. The Morgan fingerprint density at radius 2 is 2.06 bits per heavy atom. The molecule has 1 rings (SSSR count). The fourth-order valence-electron chi connectivity index (χ4n) is 1.35. The van der Waals surface area contributed by atoms with Gasteiger partial charge in [0.25, 0.3) is 0 Å². The van der Waals surface area contributed by atoms with Crippen LogP contribution in [0.1, 0.15) is 0 Å². The van der Waals surface area contributed by atoms with Gasteiger partial charge < -0.3 is 35.6 Å². The van der Waals surface area contributed by atoms with E-state index in [1.807, 2.05) is 0 Å². The second-order valence-corrected chi connectivity index (χ2v) is 4.70. The highest BCUT2D eigenvalue weighted by molar-refractivity contribution is 7.46. The zero-order valence-corrected chi connectivity index (χ0v) is 9.03. The van der Waals surface area contributed by atoms with Gasteiger partial charge >= 0.3 is 7.82 Å². The van der Waals surface area contributed by atoms with E-state index in [9.17, 15) is 14.8 Å². The Morgan fingerprint density at radius 1 is 1.50 bits per heavy atom. The lowest BCUT2D eigenvalue weighted by Gasteiger charge is -2.23. The van der Waals surface area contributed by atoms with E-state index in [1.165, 1.54) is 0 Å². The van der Waals surface area contributed by atoms with Crippen LogP contribution in [0.4, 0.5) is 0 Å². The molecule has 0 radical (unpaired) electrons. The van der Waals surface area contributed by atoms with Crippen molar-refractivity contribution in [3.63, 3.8) is 0 Å². The molecule has 16 heavy (non-hydrogen) atoms. The lowest BCUT2D eigenvalue weighted by molar-refractivity contribution is -0.222. The van der Waals surface area contributed by atoms with Gasteiger partial charge in [0.1, 0.15) is 12.2 Å². The molecule has 0 aliphatic carbocycles.